The summed E-state index contributed by atoms with van der Waals surface area (Å²) in [4.78, 5) is 29.8. The molecule has 0 N–H and O–H groups in total. The van der Waals surface area contributed by atoms with Crippen LogP contribution in [0.5, 0.6) is 0 Å². The zero-order valence-corrected chi connectivity index (χ0v) is 19.7. The molecule has 0 aromatic heterocycles. The van der Waals surface area contributed by atoms with E-state index < -0.39 is 23.5 Å². The van der Waals surface area contributed by atoms with Crippen LogP contribution in [0.3, 0.4) is 0 Å². The van der Waals surface area contributed by atoms with E-state index in [1.165, 1.54) is 4.90 Å². The molecule has 0 radical (unpaired) electrons. The van der Waals surface area contributed by atoms with Gasteiger partial charge >= 0.3 is 0 Å². The molecule has 3 aromatic rings. The van der Waals surface area contributed by atoms with Crippen LogP contribution in [0.4, 0.5) is 5.69 Å². The molecule has 1 saturated heterocycles. The van der Waals surface area contributed by atoms with Gasteiger partial charge < -0.3 is 9.47 Å². The molecule has 2 bridgehead atoms. The fraction of sp³-hybridized carbons (Fsp3) is 0.310. The molecule has 1 aliphatic heterocycles. The molecule has 4 aliphatic rings. The quantitative estimate of drug-likeness (QED) is 0.432. The second-order valence-corrected chi connectivity index (χ2v) is 9.61. The van der Waals surface area contributed by atoms with Gasteiger partial charge in [0.15, 0.2) is 6.29 Å². The van der Waals surface area contributed by atoms with Crippen LogP contribution < -0.4 is 4.90 Å². The molecular formula is C29H27NO4. The third kappa shape index (κ3) is 2.41. The Bertz CT molecular complexity index is 1290. The summed E-state index contributed by atoms with van der Waals surface area (Å²) in [6.45, 7) is 4.02. The van der Waals surface area contributed by atoms with Gasteiger partial charge in [-0.2, -0.15) is 0 Å². The lowest BCUT2D eigenvalue weighted by Crippen LogP contribution is -2.60. The summed E-state index contributed by atoms with van der Waals surface area (Å²) in [6.07, 6.45) is -0.736. The average molecular weight is 454 g/mol. The largest absolute Gasteiger partial charge is 0.355 e. The van der Waals surface area contributed by atoms with Crippen molar-refractivity contribution in [1.82, 2.24) is 0 Å². The summed E-state index contributed by atoms with van der Waals surface area (Å²) in [7, 11) is 3.21. The Labute approximate surface area is 199 Å². The molecule has 1 fully saturated rings. The van der Waals surface area contributed by atoms with Crippen LogP contribution in [0.15, 0.2) is 66.7 Å². The maximum absolute atomic E-state index is 14.3. The second kappa shape index (κ2) is 7.36. The number of amides is 2. The molecule has 172 valence electrons. The lowest BCUT2D eigenvalue weighted by Gasteiger charge is -2.56. The Hall–Kier alpha value is -3.28. The highest BCUT2D eigenvalue weighted by molar-refractivity contribution is 6.23. The molecule has 2 atom stereocenters. The first-order chi connectivity index (χ1) is 16.5. The van der Waals surface area contributed by atoms with Crippen LogP contribution in [-0.4, -0.2) is 32.3 Å². The van der Waals surface area contributed by atoms with Crippen molar-refractivity contribution in [3.05, 3.63) is 100 Å². The van der Waals surface area contributed by atoms with Gasteiger partial charge in [-0.25, -0.2) is 4.90 Å². The number of rotatable bonds is 4. The van der Waals surface area contributed by atoms with Gasteiger partial charge in [0.25, 0.3) is 0 Å². The summed E-state index contributed by atoms with van der Waals surface area (Å²) in [5.74, 6) is -1.68. The molecule has 5 nitrogen and oxygen atoms in total. The SMILES string of the molecule is COC(OC)C12c3ccccc3C(c3ccccc31)[C@@H]1C(=O)N(c3ccc(C)c(C)c3)C(=O)[C@H]12. The van der Waals surface area contributed by atoms with Gasteiger partial charge in [0, 0.05) is 20.1 Å². The molecule has 0 saturated carbocycles. The highest BCUT2D eigenvalue weighted by Crippen LogP contribution is 2.65. The van der Waals surface area contributed by atoms with Gasteiger partial charge in [-0.3, -0.25) is 9.59 Å². The number of hydrogen-bond acceptors (Lipinski definition) is 4. The van der Waals surface area contributed by atoms with Gasteiger partial charge in [0.1, 0.15) is 0 Å². The van der Waals surface area contributed by atoms with E-state index >= 15 is 0 Å². The predicted molar refractivity (Wildman–Crippen MR) is 129 cm³/mol. The van der Waals surface area contributed by atoms with Gasteiger partial charge in [0.05, 0.1) is 22.9 Å². The van der Waals surface area contributed by atoms with Crippen molar-refractivity contribution in [2.24, 2.45) is 11.8 Å². The Morgan fingerprint density at radius 1 is 0.794 bits per heavy atom. The molecule has 0 spiro atoms. The highest BCUT2D eigenvalue weighted by atomic mass is 16.7. The van der Waals surface area contributed by atoms with Gasteiger partial charge in [0.2, 0.25) is 11.8 Å². The summed E-state index contributed by atoms with van der Waals surface area (Å²) >= 11 is 0. The Morgan fingerprint density at radius 2 is 1.38 bits per heavy atom. The summed E-state index contributed by atoms with van der Waals surface area (Å²) < 4.78 is 11.9. The molecule has 1 heterocycles. The molecule has 5 heteroatoms. The van der Waals surface area contributed by atoms with E-state index in [0.717, 1.165) is 33.4 Å². The molecule has 7 rings (SSSR count). The number of ether oxygens (including phenoxy) is 2. The monoisotopic (exact) mass is 453 g/mol. The van der Waals surface area contributed by atoms with Crippen LogP contribution >= 0.6 is 0 Å². The number of carbonyl (C=O) groups is 2. The first-order valence-corrected chi connectivity index (χ1v) is 11.7. The smallest absolute Gasteiger partial charge is 0.239 e. The summed E-state index contributed by atoms with van der Waals surface area (Å²) in [6, 6.07) is 22.0. The minimum Gasteiger partial charge on any atom is -0.355 e. The number of nitrogens with zero attached hydrogens (tertiary/aromatic N) is 1. The summed E-state index contributed by atoms with van der Waals surface area (Å²) in [5.41, 5.74) is 6.03. The number of benzene rings is 3. The van der Waals surface area contributed by atoms with Crippen molar-refractivity contribution in [2.75, 3.05) is 19.1 Å². The predicted octanol–water partition coefficient (Wildman–Crippen LogP) is 4.47. The number of anilines is 1. The maximum Gasteiger partial charge on any atom is 0.239 e. The van der Waals surface area contributed by atoms with Crippen molar-refractivity contribution >= 4 is 17.5 Å². The fourth-order valence-corrected chi connectivity index (χ4v) is 6.82. The first kappa shape index (κ1) is 21.3. The standard InChI is InChI=1S/C29H27NO4/c1-16-13-14-18(15-17(16)2)30-26(31)24-23-19-9-5-7-11-21(19)29(25(24)27(30)32,28(33-3)34-4)22-12-8-6-10-20(22)23/h5-15,23-25,28H,1-4H3/t23?,24-,25-,29?/m0/s1. The Kier molecular flexibility index (Phi) is 4.60. The van der Waals surface area contributed by atoms with Crippen LogP contribution in [0.1, 0.15) is 39.3 Å². The normalized spacial score (nSPS) is 26.6. The van der Waals surface area contributed by atoms with Crippen molar-refractivity contribution in [2.45, 2.75) is 31.5 Å². The topological polar surface area (TPSA) is 55.8 Å². The molecule has 34 heavy (non-hydrogen) atoms. The number of carbonyl (C=O) groups excluding carboxylic acids is 2. The second-order valence-electron chi connectivity index (χ2n) is 9.61. The zero-order valence-electron chi connectivity index (χ0n) is 19.7. The van der Waals surface area contributed by atoms with E-state index in [4.69, 9.17) is 9.47 Å². The van der Waals surface area contributed by atoms with E-state index in [-0.39, 0.29) is 17.7 Å². The van der Waals surface area contributed by atoms with Crippen molar-refractivity contribution in [1.29, 1.82) is 0 Å². The van der Waals surface area contributed by atoms with Crippen LogP contribution in [0.25, 0.3) is 0 Å². The lowest BCUT2D eigenvalue weighted by atomic mass is 9.47. The Morgan fingerprint density at radius 3 is 1.94 bits per heavy atom. The fourth-order valence-electron chi connectivity index (χ4n) is 6.82. The molecule has 3 aliphatic carbocycles. The van der Waals surface area contributed by atoms with E-state index in [0.29, 0.717) is 5.69 Å². The van der Waals surface area contributed by atoms with E-state index in [1.54, 1.807) is 14.2 Å². The average Bonchev–Trinajstić information content (AvgIpc) is 3.13. The molecule has 3 aromatic carbocycles. The van der Waals surface area contributed by atoms with Crippen LogP contribution in [0.2, 0.25) is 0 Å². The van der Waals surface area contributed by atoms with E-state index in [9.17, 15) is 9.59 Å². The Balaban J connectivity index is 1.66. The van der Waals surface area contributed by atoms with E-state index in [1.807, 2.05) is 56.3 Å². The van der Waals surface area contributed by atoms with Gasteiger partial charge in [-0.05, 0) is 59.4 Å². The summed E-state index contributed by atoms with van der Waals surface area (Å²) in [5, 5.41) is 0. The molecule has 2 amide bonds. The third-order valence-corrected chi connectivity index (χ3v) is 8.23. The van der Waals surface area contributed by atoms with Gasteiger partial charge in [-0.1, -0.05) is 54.6 Å². The van der Waals surface area contributed by atoms with Crippen LogP contribution in [0, 0.1) is 25.7 Å². The minimum atomic E-state index is -0.933. The van der Waals surface area contributed by atoms with Crippen molar-refractivity contribution < 1.29 is 19.1 Å². The van der Waals surface area contributed by atoms with Crippen molar-refractivity contribution in [3.63, 3.8) is 0 Å². The number of aryl methyl sites for hydroxylation is 2. The maximum atomic E-state index is 14.3. The van der Waals surface area contributed by atoms with Crippen molar-refractivity contribution in [3.8, 4) is 0 Å². The van der Waals surface area contributed by atoms with Gasteiger partial charge in [-0.15, -0.1) is 0 Å². The minimum absolute atomic E-state index is 0.150. The van der Waals surface area contributed by atoms with E-state index in [2.05, 4.69) is 24.3 Å². The van der Waals surface area contributed by atoms with Crippen LogP contribution in [-0.2, 0) is 24.5 Å². The number of hydrogen-bond donors (Lipinski definition) is 0. The highest BCUT2D eigenvalue weighted by Gasteiger charge is 2.71. The molecular weight excluding hydrogens is 426 g/mol. The first-order valence-electron chi connectivity index (χ1n) is 11.7. The third-order valence-electron chi connectivity index (χ3n) is 8.23. The number of methoxy groups -OCH3 is 2. The zero-order chi connectivity index (χ0) is 23.8. The number of imide groups is 1. The molecule has 0 unspecified atom stereocenters. The lowest BCUT2D eigenvalue weighted by molar-refractivity contribution is -0.168.